The molecule has 0 spiro atoms. The Bertz CT molecular complexity index is 278. The van der Waals surface area contributed by atoms with Crippen LogP contribution in [0.15, 0.2) is 0 Å². The monoisotopic (exact) mass is 356 g/mol. The third-order valence-electron chi connectivity index (χ3n) is 5.07. The molecule has 3 nitrogen and oxygen atoms in total. The first kappa shape index (κ1) is 24.4. The van der Waals surface area contributed by atoms with Gasteiger partial charge in [-0.1, -0.05) is 103 Å². The fourth-order valence-corrected chi connectivity index (χ4v) is 3.38. The third-order valence-corrected chi connectivity index (χ3v) is 5.07. The molecule has 1 atom stereocenters. The minimum Gasteiger partial charge on any atom is -0.481 e. The van der Waals surface area contributed by atoms with Crippen LogP contribution in [0.4, 0.5) is 0 Å². The van der Waals surface area contributed by atoms with Crippen LogP contribution in [-0.2, 0) is 4.79 Å². The number of unbranched alkanes of at least 4 members (excludes halogenated alkanes) is 14. The average molecular weight is 357 g/mol. The van der Waals surface area contributed by atoms with Gasteiger partial charge in [0, 0.05) is 6.42 Å². The maximum atomic E-state index is 10.4. The molecule has 150 valence electrons. The van der Waals surface area contributed by atoms with Gasteiger partial charge in [0.1, 0.15) is 0 Å². The molecular weight excluding hydrogens is 312 g/mol. The van der Waals surface area contributed by atoms with E-state index in [1.165, 1.54) is 77.0 Å². The van der Waals surface area contributed by atoms with E-state index >= 15 is 0 Å². The molecule has 0 aliphatic rings. The molecule has 0 bridgehead atoms. The molecule has 0 amide bonds. The zero-order valence-electron chi connectivity index (χ0n) is 16.8. The van der Waals surface area contributed by atoms with Crippen molar-refractivity contribution in [2.75, 3.05) is 0 Å². The molecule has 0 aromatic carbocycles. The second-order valence-electron chi connectivity index (χ2n) is 7.68. The molecule has 0 aliphatic carbocycles. The highest BCUT2D eigenvalue weighted by Gasteiger charge is 2.04. The smallest absolute Gasteiger partial charge is 0.303 e. The maximum absolute atomic E-state index is 10.4. The Morgan fingerprint density at radius 3 is 1.40 bits per heavy atom. The van der Waals surface area contributed by atoms with Crippen molar-refractivity contribution in [3.8, 4) is 0 Å². The van der Waals surface area contributed by atoms with Crippen LogP contribution in [0.3, 0.4) is 0 Å². The van der Waals surface area contributed by atoms with Crippen molar-refractivity contribution in [1.82, 2.24) is 0 Å². The van der Waals surface area contributed by atoms with Crippen molar-refractivity contribution in [3.05, 3.63) is 0 Å². The van der Waals surface area contributed by atoms with Gasteiger partial charge >= 0.3 is 5.97 Å². The molecule has 3 heteroatoms. The Kier molecular flexibility index (Phi) is 19.3. The van der Waals surface area contributed by atoms with Crippen molar-refractivity contribution in [1.29, 1.82) is 0 Å². The number of carboxylic acids is 1. The standard InChI is InChI=1S/C22H44O3/c1-2-3-4-5-6-7-9-12-15-18-21(23)19-16-13-10-8-11-14-17-20-22(24)25/h21,23H,2-20H2,1H3,(H,24,25). The first-order chi connectivity index (χ1) is 12.2. The topological polar surface area (TPSA) is 57.5 Å². The minimum absolute atomic E-state index is 0.0971. The predicted molar refractivity (Wildman–Crippen MR) is 107 cm³/mol. The van der Waals surface area contributed by atoms with Gasteiger partial charge in [0.05, 0.1) is 6.10 Å². The van der Waals surface area contributed by atoms with Crippen LogP contribution in [0, 0.1) is 0 Å². The predicted octanol–water partition coefficient (Wildman–Crippen LogP) is 6.86. The molecule has 0 aliphatic heterocycles. The SMILES string of the molecule is CCCCCCCCCCCC(O)CCCCCCCCCC(=O)O. The molecule has 0 aromatic heterocycles. The fourth-order valence-electron chi connectivity index (χ4n) is 3.38. The molecule has 0 fully saturated rings. The second kappa shape index (κ2) is 19.8. The second-order valence-corrected chi connectivity index (χ2v) is 7.68. The van der Waals surface area contributed by atoms with Gasteiger partial charge in [0.15, 0.2) is 0 Å². The molecule has 1 unspecified atom stereocenters. The fraction of sp³-hybridized carbons (Fsp3) is 0.955. The van der Waals surface area contributed by atoms with Gasteiger partial charge in [-0.15, -0.1) is 0 Å². The summed E-state index contributed by atoms with van der Waals surface area (Å²) < 4.78 is 0. The number of hydrogen-bond donors (Lipinski definition) is 2. The van der Waals surface area contributed by atoms with Crippen LogP contribution in [-0.4, -0.2) is 22.3 Å². The Morgan fingerprint density at radius 2 is 1.00 bits per heavy atom. The quantitative estimate of drug-likeness (QED) is 0.234. The Balaban J connectivity index is 3.15. The van der Waals surface area contributed by atoms with Crippen LogP contribution in [0.25, 0.3) is 0 Å². The van der Waals surface area contributed by atoms with E-state index in [0.717, 1.165) is 38.5 Å². The summed E-state index contributed by atoms with van der Waals surface area (Å²) in [6.45, 7) is 2.26. The lowest BCUT2D eigenvalue weighted by molar-refractivity contribution is -0.137. The Hall–Kier alpha value is -0.570. The van der Waals surface area contributed by atoms with Crippen molar-refractivity contribution in [2.45, 2.75) is 135 Å². The molecule has 0 aromatic rings. The van der Waals surface area contributed by atoms with E-state index in [1.807, 2.05) is 0 Å². The summed E-state index contributed by atoms with van der Waals surface area (Å²) in [5, 5.41) is 18.6. The normalized spacial score (nSPS) is 12.4. The van der Waals surface area contributed by atoms with Gasteiger partial charge in [-0.25, -0.2) is 0 Å². The van der Waals surface area contributed by atoms with E-state index in [9.17, 15) is 9.90 Å². The molecule has 2 N–H and O–H groups in total. The summed E-state index contributed by atoms with van der Waals surface area (Å²) in [7, 11) is 0. The van der Waals surface area contributed by atoms with Crippen LogP contribution < -0.4 is 0 Å². The zero-order valence-corrected chi connectivity index (χ0v) is 16.8. The van der Waals surface area contributed by atoms with Crippen molar-refractivity contribution in [2.24, 2.45) is 0 Å². The minimum atomic E-state index is -0.680. The van der Waals surface area contributed by atoms with E-state index in [-0.39, 0.29) is 6.10 Å². The highest BCUT2D eigenvalue weighted by atomic mass is 16.4. The first-order valence-electron chi connectivity index (χ1n) is 11.1. The maximum Gasteiger partial charge on any atom is 0.303 e. The summed E-state index contributed by atoms with van der Waals surface area (Å²) in [6, 6.07) is 0. The van der Waals surface area contributed by atoms with Crippen molar-refractivity contribution in [3.63, 3.8) is 0 Å². The lowest BCUT2D eigenvalue weighted by atomic mass is 10.0. The van der Waals surface area contributed by atoms with Gasteiger partial charge in [0.2, 0.25) is 0 Å². The summed E-state index contributed by atoms with van der Waals surface area (Å²) in [5.41, 5.74) is 0. The highest BCUT2D eigenvalue weighted by molar-refractivity contribution is 5.66. The van der Waals surface area contributed by atoms with Crippen LogP contribution in [0.5, 0.6) is 0 Å². The van der Waals surface area contributed by atoms with E-state index in [1.54, 1.807) is 0 Å². The van der Waals surface area contributed by atoms with Gasteiger partial charge in [-0.2, -0.15) is 0 Å². The number of carbonyl (C=O) groups is 1. The average Bonchev–Trinajstić information content (AvgIpc) is 2.58. The van der Waals surface area contributed by atoms with Crippen LogP contribution in [0.2, 0.25) is 0 Å². The van der Waals surface area contributed by atoms with Gasteiger partial charge < -0.3 is 10.2 Å². The van der Waals surface area contributed by atoms with Gasteiger partial charge in [0.25, 0.3) is 0 Å². The summed E-state index contributed by atoms with van der Waals surface area (Å²) in [4.78, 5) is 10.4. The van der Waals surface area contributed by atoms with E-state index in [4.69, 9.17) is 5.11 Å². The number of aliphatic carboxylic acids is 1. The van der Waals surface area contributed by atoms with Gasteiger partial charge in [-0.05, 0) is 19.3 Å². The lowest BCUT2D eigenvalue weighted by Crippen LogP contribution is -2.05. The van der Waals surface area contributed by atoms with E-state index < -0.39 is 5.97 Å². The molecule has 0 saturated carbocycles. The number of carboxylic acid groups (broad SMARTS) is 1. The number of rotatable bonds is 20. The summed E-state index contributed by atoms with van der Waals surface area (Å²) in [5.74, 6) is -0.680. The van der Waals surface area contributed by atoms with Crippen molar-refractivity contribution >= 4 is 5.97 Å². The Morgan fingerprint density at radius 1 is 0.640 bits per heavy atom. The summed E-state index contributed by atoms with van der Waals surface area (Å²) >= 11 is 0. The van der Waals surface area contributed by atoms with Crippen molar-refractivity contribution < 1.29 is 15.0 Å². The number of aliphatic hydroxyl groups is 1. The molecule has 0 saturated heterocycles. The molecule has 0 rings (SSSR count). The van der Waals surface area contributed by atoms with Gasteiger partial charge in [-0.3, -0.25) is 4.79 Å². The lowest BCUT2D eigenvalue weighted by Gasteiger charge is -2.10. The molecular formula is C22H44O3. The third kappa shape index (κ3) is 21.4. The largest absolute Gasteiger partial charge is 0.481 e. The van der Waals surface area contributed by atoms with E-state index in [0.29, 0.717) is 6.42 Å². The highest BCUT2D eigenvalue weighted by Crippen LogP contribution is 2.15. The molecule has 0 heterocycles. The number of aliphatic hydroxyl groups excluding tert-OH is 1. The van der Waals surface area contributed by atoms with Crippen LogP contribution in [0.1, 0.15) is 129 Å². The number of hydrogen-bond acceptors (Lipinski definition) is 2. The molecule has 0 radical (unpaired) electrons. The van der Waals surface area contributed by atoms with Crippen LogP contribution >= 0.6 is 0 Å². The summed E-state index contributed by atoms with van der Waals surface area (Å²) in [6.07, 6.45) is 22.0. The van der Waals surface area contributed by atoms with E-state index in [2.05, 4.69) is 6.92 Å². The Labute approximate surface area is 156 Å². The first-order valence-corrected chi connectivity index (χ1v) is 11.1. The zero-order chi connectivity index (χ0) is 18.6. The molecule has 25 heavy (non-hydrogen) atoms.